The van der Waals surface area contributed by atoms with Gasteiger partial charge in [0, 0.05) is 23.2 Å². The fourth-order valence-corrected chi connectivity index (χ4v) is 5.71. The molecule has 1 fully saturated rings. The summed E-state index contributed by atoms with van der Waals surface area (Å²) in [4.78, 5) is 50.8. The number of non-ortho nitro benzene ring substituents is 1. The smallest absolute Gasteiger partial charge is 0.336 e. The summed E-state index contributed by atoms with van der Waals surface area (Å²) >= 11 is 6.80. The molecule has 0 amide bonds. The third kappa shape index (κ3) is 3.32. The number of allylic oxidation sites excluding steroid dienone is 1. The van der Waals surface area contributed by atoms with Gasteiger partial charge in [0.15, 0.2) is 4.32 Å². The quantitative estimate of drug-likeness (QED) is 0.175. The van der Waals surface area contributed by atoms with Crippen LogP contribution in [-0.4, -0.2) is 63.9 Å². The summed E-state index contributed by atoms with van der Waals surface area (Å²) in [5, 5.41) is 11.5. The molecule has 2 aliphatic heterocycles. The highest BCUT2D eigenvalue weighted by atomic mass is 79.9. The maximum atomic E-state index is 13.2. The largest absolute Gasteiger partial charge is 0.468 e. The minimum absolute atomic E-state index is 0.0397. The molecular weight excluding hydrogens is 544 g/mol. The molecule has 3 atom stereocenters. The number of benzene rings is 1. The molecule has 166 valence electrons. The summed E-state index contributed by atoms with van der Waals surface area (Å²) in [6.07, 6.45) is 0. The second kappa shape index (κ2) is 8.23. The first-order valence-corrected chi connectivity index (χ1v) is 10.9. The first-order chi connectivity index (χ1) is 14.6. The van der Waals surface area contributed by atoms with Crippen LogP contribution < -0.4 is 0 Å². The van der Waals surface area contributed by atoms with Crippen molar-refractivity contribution in [1.29, 1.82) is 0 Å². The van der Waals surface area contributed by atoms with Gasteiger partial charge in [-0.15, -0.1) is 0 Å². The number of nitro benzene ring substituents is 1. The lowest BCUT2D eigenvalue weighted by atomic mass is 9.71. The van der Waals surface area contributed by atoms with Crippen molar-refractivity contribution in [2.24, 2.45) is 0 Å². The Kier molecular flexibility index (Phi) is 6.16. The molecule has 1 unspecified atom stereocenters. The molecule has 0 bridgehead atoms. The van der Waals surface area contributed by atoms with E-state index in [4.69, 9.17) is 14.2 Å². The summed E-state index contributed by atoms with van der Waals surface area (Å²) in [6, 6.07) is 5.53. The zero-order valence-corrected chi connectivity index (χ0v) is 19.9. The fourth-order valence-electron chi connectivity index (χ4n) is 4.15. The van der Waals surface area contributed by atoms with Gasteiger partial charge in [0.05, 0.1) is 30.6 Å². The van der Waals surface area contributed by atoms with Crippen LogP contribution in [0.1, 0.15) is 18.4 Å². The van der Waals surface area contributed by atoms with E-state index in [1.807, 2.05) is 0 Å². The van der Waals surface area contributed by atoms with E-state index < -0.39 is 38.8 Å². The number of nitrogens with zero attached hydrogens (tertiary/aromatic N) is 2. The van der Waals surface area contributed by atoms with Crippen LogP contribution in [0.4, 0.5) is 5.69 Å². The average molecular weight is 562 g/mol. The Labute approximate surface area is 193 Å². The van der Waals surface area contributed by atoms with E-state index in [0.29, 0.717) is 5.70 Å². The van der Waals surface area contributed by atoms with E-state index in [9.17, 15) is 24.5 Å². The number of alkyl halides is 2. The van der Waals surface area contributed by atoms with E-state index in [0.717, 1.165) is 7.11 Å². The Balaban J connectivity index is 2.44. The van der Waals surface area contributed by atoms with Gasteiger partial charge in [-0.05, 0) is 12.5 Å². The van der Waals surface area contributed by atoms with Crippen molar-refractivity contribution in [3.05, 3.63) is 51.2 Å². The molecule has 1 aromatic rings. The maximum absolute atomic E-state index is 13.2. The molecule has 0 saturated carbocycles. The van der Waals surface area contributed by atoms with Gasteiger partial charge < -0.3 is 19.1 Å². The third-order valence-electron chi connectivity index (χ3n) is 5.54. The Hall–Kier alpha value is -2.47. The Bertz CT molecular complexity index is 1010. The summed E-state index contributed by atoms with van der Waals surface area (Å²) in [5.74, 6) is -3.36. The number of hydrogen-bond acceptors (Lipinski definition) is 9. The number of carbonyl (C=O) groups is 3. The summed E-state index contributed by atoms with van der Waals surface area (Å²) in [6.45, 7) is 1.30. The lowest BCUT2D eigenvalue weighted by Gasteiger charge is -2.52. The summed E-state index contributed by atoms with van der Waals surface area (Å²) in [5.41, 5.74) is -1.18. The molecule has 10 nitrogen and oxygen atoms in total. The topological polar surface area (TPSA) is 125 Å². The zero-order valence-electron chi connectivity index (χ0n) is 16.7. The van der Waals surface area contributed by atoms with Gasteiger partial charge in [0.25, 0.3) is 5.69 Å². The third-order valence-corrected chi connectivity index (χ3v) is 7.59. The van der Waals surface area contributed by atoms with Crippen molar-refractivity contribution < 1.29 is 33.5 Å². The van der Waals surface area contributed by atoms with Crippen LogP contribution in [0.15, 0.2) is 35.5 Å². The molecular formula is C19H18Br2N2O8. The molecule has 2 aliphatic rings. The van der Waals surface area contributed by atoms with Crippen LogP contribution in [0.25, 0.3) is 0 Å². The number of methoxy groups -OCH3 is 2. The minimum Gasteiger partial charge on any atom is -0.468 e. The van der Waals surface area contributed by atoms with E-state index in [2.05, 4.69) is 31.9 Å². The van der Waals surface area contributed by atoms with Crippen LogP contribution in [0.5, 0.6) is 0 Å². The van der Waals surface area contributed by atoms with Crippen LogP contribution in [0, 0.1) is 10.1 Å². The maximum Gasteiger partial charge on any atom is 0.336 e. The standard InChI is InChI=1S/C19H18Br2N2O8/c1-18-19(21,17(26)30-3)15(10-5-4-6-11(7-10)23(27)28)14(16(25)29-2)12(8-20)22(18)9-13(24)31-18/h4-7,15H,8-9H2,1-3H3/t15?,18-,19-/m0/s1. The summed E-state index contributed by atoms with van der Waals surface area (Å²) in [7, 11) is 2.33. The van der Waals surface area contributed by atoms with Crippen molar-refractivity contribution in [2.45, 2.75) is 22.9 Å². The van der Waals surface area contributed by atoms with Gasteiger partial charge in [0.1, 0.15) is 6.54 Å². The SMILES string of the molecule is COC(=O)C1=C(CBr)N2CC(=O)O[C@@]2(C)[C@@](Br)(C(=O)OC)C1c1cccc([N+](=O)[O-])c1. The van der Waals surface area contributed by atoms with E-state index in [1.54, 1.807) is 6.07 Å². The lowest BCUT2D eigenvalue weighted by Crippen LogP contribution is -2.67. The second-order valence-electron chi connectivity index (χ2n) is 7.02. The lowest BCUT2D eigenvalue weighted by molar-refractivity contribution is -0.384. The van der Waals surface area contributed by atoms with E-state index >= 15 is 0 Å². The Morgan fingerprint density at radius 3 is 2.58 bits per heavy atom. The van der Waals surface area contributed by atoms with E-state index in [-0.39, 0.29) is 28.7 Å². The Morgan fingerprint density at radius 1 is 1.35 bits per heavy atom. The molecule has 0 N–H and O–H groups in total. The van der Waals surface area contributed by atoms with Crippen LogP contribution in [0.3, 0.4) is 0 Å². The molecule has 0 radical (unpaired) electrons. The molecule has 2 heterocycles. The number of halogens is 2. The molecule has 0 spiro atoms. The molecule has 0 aliphatic carbocycles. The van der Waals surface area contributed by atoms with Crippen LogP contribution in [0.2, 0.25) is 0 Å². The normalized spacial score (nSPS) is 27.5. The number of rotatable bonds is 5. The summed E-state index contributed by atoms with van der Waals surface area (Å²) < 4.78 is 13.8. The number of esters is 3. The molecule has 12 heteroatoms. The van der Waals surface area contributed by atoms with Crippen molar-refractivity contribution in [3.8, 4) is 0 Å². The first-order valence-electron chi connectivity index (χ1n) is 8.95. The van der Waals surface area contributed by atoms with Crippen molar-refractivity contribution >= 4 is 55.5 Å². The van der Waals surface area contributed by atoms with Crippen molar-refractivity contribution in [1.82, 2.24) is 4.90 Å². The van der Waals surface area contributed by atoms with Crippen molar-refractivity contribution in [3.63, 3.8) is 0 Å². The van der Waals surface area contributed by atoms with Gasteiger partial charge >= 0.3 is 17.9 Å². The highest BCUT2D eigenvalue weighted by Crippen LogP contribution is 2.58. The monoisotopic (exact) mass is 560 g/mol. The second-order valence-corrected chi connectivity index (χ2v) is 8.83. The van der Waals surface area contributed by atoms with Crippen molar-refractivity contribution in [2.75, 3.05) is 26.1 Å². The van der Waals surface area contributed by atoms with Gasteiger partial charge in [-0.3, -0.25) is 19.7 Å². The van der Waals surface area contributed by atoms with Gasteiger partial charge in [-0.2, -0.15) is 0 Å². The highest BCUT2D eigenvalue weighted by molar-refractivity contribution is 9.10. The van der Waals surface area contributed by atoms with Crippen LogP contribution in [-0.2, 0) is 28.6 Å². The zero-order chi connectivity index (χ0) is 23.1. The molecule has 1 saturated heterocycles. The molecule has 0 aromatic heterocycles. The molecule has 1 aromatic carbocycles. The molecule has 3 rings (SSSR count). The highest BCUT2D eigenvalue weighted by Gasteiger charge is 2.71. The first kappa shape index (κ1) is 23.2. The Morgan fingerprint density at radius 2 is 2.03 bits per heavy atom. The van der Waals surface area contributed by atoms with Gasteiger partial charge in [-0.25, -0.2) is 4.79 Å². The number of hydrogen-bond donors (Lipinski definition) is 0. The van der Waals surface area contributed by atoms with Gasteiger partial charge in [-0.1, -0.05) is 44.0 Å². The van der Waals surface area contributed by atoms with E-state index in [1.165, 1.54) is 37.1 Å². The van der Waals surface area contributed by atoms with Gasteiger partial charge in [0.2, 0.25) is 5.72 Å². The fraction of sp³-hybridized carbons (Fsp3) is 0.421. The average Bonchev–Trinajstić information content (AvgIpc) is 3.07. The number of fused-ring (bicyclic) bond motifs is 1. The number of ether oxygens (including phenoxy) is 3. The predicted octanol–water partition coefficient (Wildman–Crippen LogP) is 2.40. The number of carbonyl (C=O) groups excluding carboxylic acids is 3. The minimum atomic E-state index is -1.83. The predicted molar refractivity (Wildman–Crippen MR) is 114 cm³/mol. The number of nitro groups is 1. The molecule has 31 heavy (non-hydrogen) atoms. The van der Waals surface area contributed by atoms with Crippen LogP contribution >= 0.6 is 31.9 Å².